The summed E-state index contributed by atoms with van der Waals surface area (Å²) < 4.78 is 17.3. The number of phenols is 2. The van der Waals surface area contributed by atoms with Crippen molar-refractivity contribution in [1.82, 2.24) is 0 Å². The zero-order valence-electron chi connectivity index (χ0n) is 21.8. The van der Waals surface area contributed by atoms with Crippen molar-refractivity contribution in [2.24, 2.45) is 5.11 Å². The van der Waals surface area contributed by atoms with E-state index in [0.717, 1.165) is 0 Å². The lowest BCUT2D eigenvalue weighted by atomic mass is 9.72. The number of hydrogen-bond donors (Lipinski definition) is 3. The zero-order valence-corrected chi connectivity index (χ0v) is 22.5. The van der Waals surface area contributed by atoms with Crippen LogP contribution in [0.3, 0.4) is 0 Å². The van der Waals surface area contributed by atoms with Crippen LogP contribution in [0.4, 0.5) is 0 Å². The van der Waals surface area contributed by atoms with Crippen LogP contribution in [0, 0.1) is 0 Å². The highest BCUT2D eigenvalue weighted by Crippen LogP contribution is 2.52. The smallest absolute Gasteiger partial charge is 0.202 e. The van der Waals surface area contributed by atoms with Crippen LogP contribution in [0.25, 0.3) is 10.4 Å². The van der Waals surface area contributed by atoms with Gasteiger partial charge >= 0.3 is 0 Å². The summed E-state index contributed by atoms with van der Waals surface area (Å²) in [6.07, 6.45) is -3.65. The molecule has 1 aliphatic heterocycles. The van der Waals surface area contributed by atoms with Crippen LogP contribution in [-0.4, -0.2) is 69.2 Å². The van der Waals surface area contributed by atoms with Crippen LogP contribution >= 0.6 is 11.6 Å². The highest BCUT2D eigenvalue weighted by Gasteiger charge is 2.49. The SMILES string of the molecule is COc1cccc2c1C(=O)c1c(O)c3c(c(O)c1C2=O)C[C@@](O)(C(C)=O)C[C@@H]3OC1CC(Cl)C(N=[N+]=[N-])C(C)O1. The van der Waals surface area contributed by atoms with E-state index in [9.17, 15) is 29.7 Å². The number of aromatic hydroxyl groups is 2. The Morgan fingerprint density at radius 1 is 1.20 bits per heavy atom. The number of fused-ring (bicyclic) bond motifs is 3. The Morgan fingerprint density at radius 2 is 1.90 bits per heavy atom. The minimum atomic E-state index is -2.02. The second kappa shape index (κ2) is 10.1. The van der Waals surface area contributed by atoms with Crippen molar-refractivity contribution in [1.29, 1.82) is 0 Å². The molecule has 0 aromatic heterocycles. The highest BCUT2D eigenvalue weighted by molar-refractivity contribution is 6.31. The molecule has 2 aromatic carbocycles. The third kappa shape index (κ3) is 4.20. The molecule has 0 bridgehead atoms. The maximum Gasteiger partial charge on any atom is 0.202 e. The number of halogens is 1. The van der Waals surface area contributed by atoms with Crippen molar-refractivity contribution in [3.63, 3.8) is 0 Å². The maximum absolute atomic E-state index is 13.7. The standard InChI is InChI=1S/C27H26ClN3O9/c1-10-22(30-31-29)14(28)7-17(39-10)40-16-9-27(37,11(2)32)8-13-19(16)26(36)21-20(24(13)34)23(33)12-5-4-6-15(38-3)18(12)25(21)35/h4-6,10,14,16-17,22,34,36-37H,7-9H2,1-3H3/t10?,14?,16-,17?,22?,27-/m0/s1. The number of Topliss-reactive ketones (excluding diaryl/α,β-unsaturated/α-hetero) is 1. The molecule has 5 rings (SSSR count). The summed E-state index contributed by atoms with van der Waals surface area (Å²) >= 11 is 6.43. The van der Waals surface area contributed by atoms with Gasteiger partial charge in [0, 0.05) is 46.2 Å². The summed E-state index contributed by atoms with van der Waals surface area (Å²) in [5.74, 6) is -3.25. The predicted octanol–water partition coefficient (Wildman–Crippen LogP) is 3.63. The number of methoxy groups -OCH3 is 1. The monoisotopic (exact) mass is 571 g/mol. The number of carbonyl (C=O) groups excluding carboxylic acids is 3. The normalized spacial score (nSPS) is 29.1. The molecule has 13 heteroatoms. The minimum Gasteiger partial charge on any atom is -0.507 e. The quantitative estimate of drug-likeness (QED) is 0.135. The number of benzene rings is 2. The number of aliphatic hydroxyl groups is 1. The zero-order chi connectivity index (χ0) is 29.1. The van der Waals surface area contributed by atoms with Crippen molar-refractivity contribution in [3.05, 3.63) is 62.0 Å². The molecule has 12 nitrogen and oxygen atoms in total. The topological polar surface area (TPSA) is 188 Å². The average molecular weight is 572 g/mol. The fraction of sp³-hybridized carbons (Fsp3) is 0.444. The molecule has 3 aliphatic rings. The lowest BCUT2D eigenvalue weighted by Gasteiger charge is -2.42. The molecule has 2 aliphatic carbocycles. The molecular formula is C27H26ClN3O9. The van der Waals surface area contributed by atoms with Gasteiger partial charge in [-0.15, -0.1) is 11.6 Å². The summed E-state index contributed by atoms with van der Waals surface area (Å²) in [7, 11) is 1.33. The first-order valence-electron chi connectivity index (χ1n) is 12.5. The van der Waals surface area contributed by atoms with Crippen LogP contribution in [-0.2, 0) is 20.7 Å². The fourth-order valence-electron chi connectivity index (χ4n) is 5.79. The molecule has 0 amide bonds. The Hall–Kier alpha value is -3.67. The molecule has 4 unspecified atom stereocenters. The van der Waals surface area contributed by atoms with Crippen LogP contribution in [0.1, 0.15) is 75.8 Å². The number of ether oxygens (including phenoxy) is 3. The van der Waals surface area contributed by atoms with Gasteiger partial charge in [0.1, 0.15) is 22.8 Å². The molecule has 2 aromatic rings. The number of hydrogen-bond acceptors (Lipinski definition) is 10. The van der Waals surface area contributed by atoms with Gasteiger partial charge in [-0.05, 0) is 25.4 Å². The lowest BCUT2D eigenvalue weighted by molar-refractivity contribution is -0.225. The molecule has 1 saturated heterocycles. The van der Waals surface area contributed by atoms with Gasteiger partial charge in [0.2, 0.25) is 5.78 Å². The first-order chi connectivity index (χ1) is 18.9. The molecule has 1 heterocycles. The van der Waals surface area contributed by atoms with E-state index in [4.69, 9.17) is 31.3 Å². The molecule has 0 spiro atoms. The number of phenolic OH excluding ortho intramolecular Hbond substituents is 2. The molecule has 0 saturated carbocycles. The first kappa shape index (κ1) is 27.9. The van der Waals surface area contributed by atoms with Gasteiger partial charge in [-0.3, -0.25) is 14.4 Å². The molecular weight excluding hydrogens is 546 g/mol. The average Bonchev–Trinajstić information content (AvgIpc) is 2.90. The predicted molar refractivity (Wildman–Crippen MR) is 139 cm³/mol. The van der Waals surface area contributed by atoms with Gasteiger partial charge in [-0.2, -0.15) is 0 Å². The number of carbonyl (C=O) groups is 3. The molecule has 3 N–H and O–H groups in total. The number of alkyl halides is 1. The Bertz CT molecular complexity index is 1490. The van der Waals surface area contributed by atoms with Crippen molar-refractivity contribution >= 4 is 29.0 Å². The van der Waals surface area contributed by atoms with Gasteiger partial charge < -0.3 is 29.5 Å². The number of rotatable bonds is 5. The maximum atomic E-state index is 13.7. The minimum absolute atomic E-state index is 0.0238. The van der Waals surface area contributed by atoms with Crippen molar-refractivity contribution in [2.75, 3.05) is 7.11 Å². The van der Waals surface area contributed by atoms with Crippen molar-refractivity contribution in [3.8, 4) is 17.2 Å². The van der Waals surface area contributed by atoms with Gasteiger partial charge in [0.25, 0.3) is 0 Å². The van der Waals surface area contributed by atoms with E-state index >= 15 is 0 Å². The number of nitrogens with zero attached hydrogens (tertiary/aromatic N) is 3. The van der Waals surface area contributed by atoms with Gasteiger partial charge in [0.15, 0.2) is 17.9 Å². The van der Waals surface area contributed by atoms with Gasteiger partial charge in [-0.1, -0.05) is 17.2 Å². The lowest BCUT2D eigenvalue weighted by Crippen LogP contribution is -2.48. The molecule has 0 radical (unpaired) electrons. The summed E-state index contributed by atoms with van der Waals surface area (Å²) in [6, 6.07) is 3.74. The second-order valence-electron chi connectivity index (χ2n) is 10.2. The summed E-state index contributed by atoms with van der Waals surface area (Å²) in [5.41, 5.74) is 5.69. The van der Waals surface area contributed by atoms with Crippen molar-refractivity contribution < 1.29 is 43.9 Å². The summed E-state index contributed by atoms with van der Waals surface area (Å²) in [4.78, 5) is 42.5. The van der Waals surface area contributed by atoms with Crippen LogP contribution in [0.5, 0.6) is 17.2 Å². The van der Waals surface area contributed by atoms with E-state index < -0.39 is 81.9 Å². The second-order valence-corrected chi connectivity index (χ2v) is 10.8. The Kier molecular flexibility index (Phi) is 7.01. The first-order valence-corrected chi connectivity index (χ1v) is 13.0. The highest BCUT2D eigenvalue weighted by atomic mass is 35.5. The van der Waals surface area contributed by atoms with Crippen molar-refractivity contribution in [2.45, 2.75) is 68.6 Å². The Balaban J connectivity index is 1.65. The van der Waals surface area contributed by atoms with Crippen LogP contribution in [0.2, 0.25) is 0 Å². The van der Waals surface area contributed by atoms with E-state index in [-0.39, 0.29) is 40.8 Å². The van der Waals surface area contributed by atoms with Gasteiger partial charge in [-0.25, -0.2) is 0 Å². The Morgan fingerprint density at radius 3 is 2.52 bits per heavy atom. The van der Waals surface area contributed by atoms with E-state index in [0.29, 0.717) is 0 Å². The van der Waals surface area contributed by atoms with E-state index in [1.165, 1.54) is 32.2 Å². The number of ketones is 3. The summed E-state index contributed by atoms with van der Waals surface area (Å²) in [6.45, 7) is 2.81. The summed E-state index contributed by atoms with van der Waals surface area (Å²) in [5, 5.41) is 37.1. The van der Waals surface area contributed by atoms with Crippen LogP contribution in [0.15, 0.2) is 23.3 Å². The van der Waals surface area contributed by atoms with E-state index in [2.05, 4.69) is 10.0 Å². The largest absolute Gasteiger partial charge is 0.507 e. The van der Waals surface area contributed by atoms with E-state index in [1.807, 2.05) is 0 Å². The van der Waals surface area contributed by atoms with Crippen LogP contribution < -0.4 is 4.74 Å². The molecule has 1 fully saturated rings. The Labute approximate surface area is 233 Å². The molecule has 6 atom stereocenters. The fourth-order valence-corrected chi connectivity index (χ4v) is 6.19. The van der Waals surface area contributed by atoms with Gasteiger partial charge in [0.05, 0.1) is 42.0 Å². The van der Waals surface area contributed by atoms with E-state index in [1.54, 1.807) is 6.92 Å². The third-order valence-corrected chi connectivity index (χ3v) is 8.30. The third-order valence-electron chi connectivity index (χ3n) is 7.87. The molecule has 210 valence electrons. The number of azide groups is 1. The molecule has 40 heavy (non-hydrogen) atoms.